The number of carbonyl (C=O) groups excluding carboxylic acids is 1. The van der Waals surface area contributed by atoms with Gasteiger partial charge in [0.15, 0.2) is 5.82 Å². The SMILES string of the molecule is CCOC(=O)c1cnc(-c2ccc(OC)cc2)nc1. The molecular formula is C14H14N2O3. The summed E-state index contributed by atoms with van der Waals surface area (Å²) in [6, 6.07) is 7.38. The van der Waals surface area contributed by atoms with E-state index in [-0.39, 0.29) is 0 Å². The molecule has 5 nitrogen and oxygen atoms in total. The highest BCUT2D eigenvalue weighted by atomic mass is 16.5. The second-order valence-electron chi connectivity index (χ2n) is 3.74. The summed E-state index contributed by atoms with van der Waals surface area (Å²) in [6.07, 6.45) is 2.93. The molecule has 2 aromatic rings. The number of carbonyl (C=O) groups is 1. The quantitative estimate of drug-likeness (QED) is 0.788. The minimum Gasteiger partial charge on any atom is -0.497 e. The predicted octanol–water partition coefficient (Wildman–Crippen LogP) is 2.33. The van der Waals surface area contributed by atoms with Crippen LogP contribution in [0.4, 0.5) is 0 Å². The molecule has 0 bridgehead atoms. The number of aromatic nitrogens is 2. The van der Waals surface area contributed by atoms with Crippen LogP contribution in [0.2, 0.25) is 0 Å². The number of methoxy groups -OCH3 is 1. The molecule has 1 aromatic heterocycles. The summed E-state index contributed by atoms with van der Waals surface area (Å²) in [5, 5.41) is 0. The van der Waals surface area contributed by atoms with E-state index in [9.17, 15) is 4.79 Å². The number of ether oxygens (including phenoxy) is 2. The van der Waals surface area contributed by atoms with Crippen LogP contribution in [-0.4, -0.2) is 29.7 Å². The van der Waals surface area contributed by atoms with Crippen molar-refractivity contribution in [1.82, 2.24) is 9.97 Å². The highest BCUT2D eigenvalue weighted by molar-refractivity contribution is 5.88. The van der Waals surface area contributed by atoms with Gasteiger partial charge in [0.2, 0.25) is 0 Å². The molecular weight excluding hydrogens is 244 g/mol. The van der Waals surface area contributed by atoms with Crippen LogP contribution in [0.15, 0.2) is 36.7 Å². The van der Waals surface area contributed by atoms with Crippen LogP contribution < -0.4 is 4.74 Å². The first-order chi connectivity index (χ1) is 9.24. The van der Waals surface area contributed by atoms with Gasteiger partial charge in [0.05, 0.1) is 19.3 Å². The van der Waals surface area contributed by atoms with Crippen LogP contribution in [-0.2, 0) is 4.74 Å². The van der Waals surface area contributed by atoms with Crippen molar-refractivity contribution in [3.05, 3.63) is 42.2 Å². The van der Waals surface area contributed by atoms with E-state index in [1.54, 1.807) is 14.0 Å². The molecule has 19 heavy (non-hydrogen) atoms. The molecule has 1 aromatic carbocycles. The Labute approximate surface area is 111 Å². The molecule has 0 atom stereocenters. The maximum Gasteiger partial charge on any atom is 0.341 e. The third-order valence-corrected chi connectivity index (χ3v) is 2.51. The molecule has 0 N–H and O–H groups in total. The summed E-state index contributed by atoms with van der Waals surface area (Å²) in [5.74, 6) is 0.909. The normalized spacial score (nSPS) is 10.0. The highest BCUT2D eigenvalue weighted by Crippen LogP contribution is 2.18. The second-order valence-corrected chi connectivity index (χ2v) is 3.74. The molecule has 1 heterocycles. The summed E-state index contributed by atoms with van der Waals surface area (Å²) >= 11 is 0. The Morgan fingerprint density at radius 3 is 2.32 bits per heavy atom. The first-order valence-electron chi connectivity index (χ1n) is 5.88. The molecule has 0 aliphatic heterocycles. The lowest BCUT2D eigenvalue weighted by Gasteiger charge is -2.04. The van der Waals surface area contributed by atoms with Gasteiger partial charge in [-0.2, -0.15) is 0 Å². The predicted molar refractivity (Wildman–Crippen MR) is 70.0 cm³/mol. The third-order valence-electron chi connectivity index (χ3n) is 2.51. The molecule has 0 saturated carbocycles. The molecule has 5 heteroatoms. The minimum absolute atomic E-state index is 0.332. The fourth-order valence-corrected chi connectivity index (χ4v) is 1.54. The van der Waals surface area contributed by atoms with Crippen LogP contribution in [0.1, 0.15) is 17.3 Å². The molecule has 0 fully saturated rings. The monoisotopic (exact) mass is 258 g/mol. The number of rotatable bonds is 4. The number of hydrogen-bond acceptors (Lipinski definition) is 5. The van der Waals surface area contributed by atoms with Crippen molar-refractivity contribution < 1.29 is 14.3 Å². The highest BCUT2D eigenvalue weighted by Gasteiger charge is 2.08. The Morgan fingerprint density at radius 2 is 1.79 bits per heavy atom. The van der Waals surface area contributed by atoms with Crippen molar-refractivity contribution in [3.8, 4) is 17.1 Å². The van der Waals surface area contributed by atoms with Gasteiger partial charge in [0.1, 0.15) is 5.75 Å². The third kappa shape index (κ3) is 3.07. The smallest absolute Gasteiger partial charge is 0.341 e. The molecule has 98 valence electrons. The summed E-state index contributed by atoms with van der Waals surface area (Å²) in [5.41, 5.74) is 1.20. The molecule has 0 unspecified atom stereocenters. The van der Waals surface area contributed by atoms with Crippen LogP contribution in [0.3, 0.4) is 0 Å². The topological polar surface area (TPSA) is 61.3 Å². The van der Waals surface area contributed by atoms with Crippen molar-refractivity contribution in [1.29, 1.82) is 0 Å². The number of benzene rings is 1. The van der Waals surface area contributed by atoms with Gasteiger partial charge >= 0.3 is 5.97 Å². The molecule has 0 aliphatic rings. The van der Waals surface area contributed by atoms with Gasteiger partial charge in [0, 0.05) is 18.0 Å². The molecule has 0 aliphatic carbocycles. The van der Waals surface area contributed by atoms with E-state index in [0.717, 1.165) is 11.3 Å². The van der Waals surface area contributed by atoms with E-state index in [4.69, 9.17) is 9.47 Å². The Bertz CT molecular complexity index is 550. The van der Waals surface area contributed by atoms with Crippen LogP contribution >= 0.6 is 0 Å². The van der Waals surface area contributed by atoms with Gasteiger partial charge < -0.3 is 9.47 Å². The standard InChI is InChI=1S/C14H14N2O3/c1-3-19-14(17)11-8-15-13(16-9-11)10-4-6-12(18-2)7-5-10/h4-9H,3H2,1-2H3. The first kappa shape index (κ1) is 13.0. The zero-order chi connectivity index (χ0) is 13.7. The maximum absolute atomic E-state index is 11.5. The fraction of sp³-hybridized carbons (Fsp3) is 0.214. The fourth-order valence-electron chi connectivity index (χ4n) is 1.54. The Morgan fingerprint density at radius 1 is 1.16 bits per heavy atom. The van der Waals surface area contributed by atoms with Gasteiger partial charge in [-0.3, -0.25) is 0 Å². The van der Waals surface area contributed by atoms with Crippen molar-refractivity contribution in [2.24, 2.45) is 0 Å². The lowest BCUT2D eigenvalue weighted by molar-refractivity contribution is 0.0525. The Kier molecular flexibility index (Phi) is 4.07. The average Bonchev–Trinajstić information content (AvgIpc) is 2.48. The zero-order valence-electron chi connectivity index (χ0n) is 10.8. The Hall–Kier alpha value is -2.43. The molecule has 0 radical (unpaired) electrons. The van der Waals surface area contributed by atoms with Crippen molar-refractivity contribution in [3.63, 3.8) is 0 Å². The lowest BCUT2D eigenvalue weighted by atomic mass is 10.2. The zero-order valence-corrected chi connectivity index (χ0v) is 10.8. The second kappa shape index (κ2) is 5.95. The van der Waals surface area contributed by atoms with Crippen LogP contribution in [0, 0.1) is 0 Å². The van der Waals surface area contributed by atoms with Gasteiger partial charge in [-0.15, -0.1) is 0 Å². The van der Waals surface area contributed by atoms with Crippen molar-refractivity contribution in [2.75, 3.05) is 13.7 Å². The molecule has 0 saturated heterocycles. The van der Waals surface area contributed by atoms with Gasteiger partial charge in [-0.05, 0) is 31.2 Å². The number of nitrogens with zero attached hydrogens (tertiary/aromatic N) is 2. The number of hydrogen-bond donors (Lipinski definition) is 0. The van der Waals surface area contributed by atoms with Crippen LogP contribution in [0.5, 0.6) is 5.75 Å². The summed E-state index contributed by atoms with van der Waals surface area (Å²) in [4.78, 5) is 19.8. The minimum atomic E-state index is -0.413. The van der Waals surface area contributed by atoms with Gasteiger partial charge in [-0.1, -0.05) is 0 Å². The van der Waals surface area contributed by atoms with E-state index in [1.165, 1.54) is 12.4 Å². The van der Waals surface area contributed by atoms with Crippen molar-refractivity contribution in [2.45, 2.75) is 6.92 Å². The number of esters is 1. The maximum atomic E-state index is 11.5. The molecule has 2 rings (SSSR count). The first-order valence-corrected chi connectivity index (χ1v) is 5.88. The van der Waals surface area contributed by atoms with E-state index in [0.29, 0.717) is 18.0 Å². The largest absolute Gasteiger partial charge is 0.497 e. The van der Waals surface area contributed by atoms with E-state index in [2.05, 4.69) is 9.97 Å². The van der Waals surface area contributed by atoms with Gasteiger partial charge in [-0.25, -0.2) is 14.8 Å². The summed E-state index contributed by atoms with van der Waals surface area (Å²) in [7, 11) is 1.61. The van der Waals surface area contributed by atoms with Crippen LogP contribution in [0.25, 0.3) is 11.4 Å². The molecule has 0 amide bonds. The van der Waals surface area contributed by atoms with E-state index in [1.807, 2.05) is 24.3 Å². The van der Waals surface area contributed by atoms with E-state index < -0.39 is 5.97 Å². The van der Waals surface area contributed by atoms with E-state index >= 15 is 0 Å². The average molecular weight is 258 g/mol. The van der Waals surface area contributed by atoms with Crippen molar-refractivity contribution >= 4 is 5.97 Å². The Balaban J connectivity index is 2.19. The van der Waals surface area contributed by atoms with Gasteiger partial charge in [0.25, 0.3) is 0 Å². The summed E-state index contributed by atoms with van der Waals surface area (Å²) < 4.78 is 9.95. The summed E-state index contributed by atoms with van der Waals surface area (Å²) in [6.45, 7) is 2.09. The molecule has 0 spiro atoms. The lowest BCUT2D eigenvalue weighted by Crippen LogP contribution is -2.06.